The van der Waals surface area contributed by atoms with Crippen molar-refractivity contribution in [2.75, 3.05) is 18.1 Å². The number of aliphatic hydroxyl groups is 1. The molecule has 2 heterocycles. The topological polar surface area (TPSA) is 79.5 Å². The number of aliphatic hydroxyl groups excluding tert-OH is 1. The third-order valence-electron chi connectivity index (χ3n) is 2.94. The molecule has 0 saturated carbocycles. The predicted octanol–water partition coefficient (Wildman–Crippen LogP) is -0.255. The van der Waals surface area contributed by atoms with E-state index in [9.17, 15) is 15.2 Å². The molecule has 88 valence electrons. The van der Waals surface area contributed by atoms with Crippen LogP contribution in [0.25, 0.3) is 0 Å². The fourth-order valence-corrected chi connectivity index (χ4v) is 2.16. The number of hydrogen-bond acceptors (Lipinski definition) is 5. The van der Waals surface area contributed by atoms with Crippen LogP contribution in [0, 0.1) is 10.1 Å². The monoisotopic (exact) mass is 233 g/mol. The van der Waals surface area contributed by atoms with Crippen molar-refractivity contribution in [3.8, 4) is 0 Å². The average molecular weight is 233 g/mol. The van der Waals surface area contributed by atoms with Crippen molar-refractivity contribution in [3.05, 3.63) is 22.4 Å². The summed E-state index contributed by atoms with van der Waals surface area (Å²) in [6, 6.07) is 1.45. The molecule has 1 aromatic rings. The van der Waals surface area contributed by atoms with E-state index in [1.165, 1.54) is 6.20 Å². The average Bonchev–Trinajstić information content (AvgIpc) is 2.76. The van der Waals surface area contributed by atoms with Gasteiger partial charge in [0.15, 0.2) is 0 Å². The highest BCUT2D eigenvalue weighted by Crippen LogP contribution is 2.30. The first-order valence-electron chi connectivity index (χ1n) is 5.41. The summed E-state index contributed by atoms with van der Waals surface area (Å²) in [4.78, 5) is 15.9. The number of aromatic nitrogens is 1. The number of pyridine rings is 1. The van der Waals surface area contributed by atoms with Crippen LogP contribution in [0.5, 0.6) is 0 Å². The molecule has 2 radical (unpaired) electrons. The van der Waals surface area contributed by atoms with Gasteiger partial charge in [-0.3, -0.25) is 0 Å². The van der Waals surface area contributed by atoms with E-state index in [2.05, 4.69) is 4.98 Å². The van der Waals surface area contributed by atoms with E-state index in [0.29, 0.717) is 17.7 Å². The van der Waals surface area contributed by atoms with E-state index in [1.807, 2.05) is 4.90 Å². The van der Waals surface area contributed by atoms with E-state index in [4.69, 9.17) is 7.85 Å². The molecule has 0 amide bonds. The standard InChI is InChI=1S/C10H12BN3O3/c11-7-4-9(10(12-5-7)14(16)17)13-3-1-2-8(13)6-15/h4-5,8,15H,1-3,6H2/t8-/m1/s1. The maximum atomic E-state index is 10.9. The zero-order valence-electron chi connectivity index (χ0n) is 9.24. The van der Waals surface area contributed by atoms with Crippen molar-refractivity contribution in [1.29, 1.82) is 0 Å². The minimum Gasteiger partial charge on any atom is -0.394 e. The molecule has 0 bridgehead atoms. The van der Waals surface area contributed by atoms with Crippen molar-refractivity contribution >= 4 is 24.8 Å². The second kappa shape index (κ2) is 4.71. The van der Waals surface area contributed by atoms with Crippen LogP contribution in [-0.4, -0.2) is 42.1 Å². The van der Waals surface area contributed by atoms with Crippen molar-refractivity contribution < 1.29 is 10.0 Å². The number of hydrogen-bond donors (Lipinski definition) is 1. The van der Waals surface area contributed by atoms with Gasteiger partial charge in [0.05, 0.1) is 12.6 Å². The number of anilines is 1. The molecule has 2 rings (SSSR count). The third-order valence-corrected chi connectivity index (χ3v) is 2.94. The fourth-order valence-electron chi connectivity index (χ4n) is 2.16. The van der Waals surface area contributed by atoms with Gasteiger partial charge in [-0.05, 0) is 28.8 Å². The Kier molecular flexibility index (Phi) is 3.28. The highest BCUT2D eigenvalue weighted by molar-refractivity contribution is 6.32. The largest absolute Gasteiger partial charge is 0.394 e. The zero-order chi connectivity index (χ0) is 12.4. The molecule has 0 unspecified atom stereocenters. The van der Waals surface area contributed by atoms with Gasteiger partial charge in [-0.1, -0.05) is 5.46 Å². The molecule has 17 heavy (non-hydrogen) atoms. The Morgan fingerprint density at radius 1 is 1.71 bits per heavy atom. The van der Waals surface area contributed by atoms with E-state index in [1.54, 1.807) is 6.07 Å². The van der Waals surface area contributed by atoms with Crippen LogP contribution < -0.4 is 10.4 Å². The highest BCUT2D eigenvalue weighted by Gasteiger charge is 2.30. The second-order valence-electron chi connectivity index (χ2n) is 4.04. The Labute approximate surface area is 99.8 Å². The summed E-state index contributed by atoms with van der Waals surface area (Å²) in [6.07, 6.45) is 2.99. The lowest BCUT2D eigenvalue weighted by Crippen LogP contribution is -2.33. The van der Waals surface area contributed by atoms with Gasteiger partial charge in [-0.2, -0.15) is 0 Å². The van der Waals surface area contributed by atoms with Crippen molar-refractivity contribution in [2.45, 2.75) is 18.9 Å². The van der Waals surface area contributed by atoms with Gasteiger partial charge in [0.25, 0.3) is 0 Å². The Hall–Kier alpha value is -1.63. The Balaban J connectivity index is 2.42. The van der Waals surface area contributed by atoms with Gasteiger partial charge in [0.2, 0.25) is 0 Å². The highest BCUT2D eigenvalue weighted by atomic mass is 16.6. The summed E-state index contributed by atoms with van der Waals surface area (Å²) in [7, 11) is 5.61. The maximum absolute atomic E-state index is 10.9. The normalized spacial score (nSPS) is 19.6. The van der Waals surface area contributed by atoms with Crippen molar-refractivity contribution in [3.63, 3.8) is 0 Å². The minimum absolute atomic E-state index is 0.0219. The first-order chi connectivity index (χ1) is 8.13. The van der Waals surface area contributed by atoms with Crippen molar-refractivity contribution in [1.82, 2.24) is 4.98 Å². The quantitative estimate of drug-likeness (QED) is 0.442. The molecule has 1 aromatic heterocycles. The summed E-state index contributed by atoms with van der Waals surface area (Å²) in [6.45, 7) is 0.656. The SMILES string of the molecule is [B]c1cnc([N+](=O)[O-])c(N2CCC[C@@H]2CO)c1. The van der Waals surface area contributed by atoms with Crippen LogP contribution in [0.15, 0.2) is 12.3 Å². The van der Waals surface area contributed by atoms with Gasteiger partial charge in [0.1, 0.15) is 19.7 Å². The first-order valence-corrected chi connectivity index (χ1v) is 5.41. The second-order valence-corrected chi connectivity index (χ2v) is 4.04. The molecular weight excluding hydrogens is 221 g/mol. The van der Waals surface area contributed by atoms with Crippen LogP contribution in [0.4, 0.5) is 11.5 Å². The summed E-state index contributed by atoms with van der Waals surface area (Å²) < 4.78 is 0. The summed E-state index contributed by atoms with van der Waals surface area (Å²) in [5.74, 6) is -0.209. The Morgan fingerprint density at radius 2 is 2.47 bits per heavy atom. The van der Waals surface area contributed by atoms with E-state index in [-0.39, 0.29) is 18.5 Å². The zero-order valence-corrected chi connectivity index (χ0v) is 9.24. The van der Waals surface area contributed by atoms with E-state index in [0.717, 1.165) is 12.8 Å². The fraction of sp³-hybridized carbons (Fsp3) is 0.500. The molecule has 6 nitrogen and oxygen atoms in total. The molecule has 1 aliphatic rings. The maximum Gasteiger partial charge on any atom is 0.387 e. The van der Waals surface area contributed by atoms with Gasteiger partial charge in [0, 0.05) is 6.54 Å². The van der Waals surface area contributed by atoms with Gasteiger partial charge in [-0.25, -0.2) is 0 Å². The van der Waals surface area contributed by atoms with Gasteiger partial charge in [-0.15, -0.1) is 0 Å². The number of nitrogens with zero attached hydrogens (tertiary/aromatic N) is 3. The number of rotatable bonds is 3. The van der Waals surface area contributed by atoms with Crippen LogP contribution in [0.2, 0.25) is 0 Å². The van der Waals surface area contributed by atoms with Crippen LogP contribution in [0.3, 0.4) is 0 Å². The van der Waals surface area contributed by atoms with Crippen LogP contribution in [-0.2, 0) is 0 Å². The van der Waals surface area contributed by atoms with Gasteiger partial charge < -0.3 is 20.1 Å². The van der Waals surface area contributed by atoms with Gasteiger partial charge >= 0.3 is 5.82 Å². The minimum atomic E-state index is -0.526. The third kappa shape index (κ3) is 2.24. The lowest BCUT2D eigenvalue weighted by Gasteiger charge is -2.24. The van der Waals surface area contributed by atoms with Crippen molar-refractivity contribution in [2.24, 2.45) is 0 Å². The molecule has 7 heteroatoms. The number of nitro groups is 1. The molecule has 1 saturated heterocycles. The lowest BCUT2D eigenvalue weighted by atomic mass is 9.98. The predicted molar refractivity (Wildman–Crippen MR) is 63.7 cm³/mol. The lowest BCUT2D eigenvalue weighted by molar-refractivity contribution is -0.388. The van der Waals surface area contributed by atoms with E-state index >= 15 is 0 Å². The molecule has 1 N–H and O–H groups in total. The molecular formula is C10H12BN3O3. The molecule has 0 spiro atoms. The molecule has 1 aliphatic heterocycles. The summed E-state index contributed by atoms with van der Waals surface area (Å²) in [5, 5.41) is 20.1. The summed E-state index contributed by atoms with van der Waals surface area (Å²) in [5.41, 5.74) is 0.778. The molecule has 0 aromatic carbocycles. The molecule has 0 aliphatic carbocycles. The molecule has 1 atom stereocenters. The molecule has 1 fully saturated rings. The Bertz CT molecular complexity index is 441. The smallest absolute Gasteiger partial charge is 0.387 e. The Morgan fingerprint density at radius 3 is 3.12 bits per heavy atom. The summed E-state index contributed by atoms with van der Waals surface area (Å²) >= 11 is 0. The van der Waals surface area contributed by atoms with Crippen LogP contribution >= 0.6 is 0 Å². The van der Waals surface area contributed by atoms with E-state index < -0.39 is 4.92 Å². The van der Waals surface area contributed by atoms with Crippen LogP contribution in [0.1, 0.15) is 12.8 Å². The first kappa shape index (κ1) is 11.8.